The van der Waals surface area contributed by atoms with Crippen molar-refractivity contribution in [2.45, 2.75) is 37.5 Å². The zero-order chi connectivity index (χ0) is 20.9. The fourth-order valence-electron chi connectivity index (χ4n) is 4.76. The molecule has 0 saturated heterocycles. The molecule has 4 heterocycles. The number of tetrazole rings is 1. The molecule has 1 aromatic carbocycles. The number of benzene rings is 1. The minimum absolute atomic E-state index is 0.319. The minimum atomic E-state index is 0.319. The van der Waals surface area contributed by atoms with Gasteiger partial charge in [0.1, 0.15) is 22.9 Å². The van der Waals surface area contributed by atoms with Crippen molar-refractivity contribution in [3.8, 4) is 11.4 Å². The van der Waals surface area contributed by atoms with Crippen LogP contribution in [0, 0.1) is 0 Å². The maximum atomic E-state index is 6.38. The summed E-state index contributed by atoms with van der Waals surface area (Å²) in [6.45, 7) is 0. The number of anilines is 1. The zero-order valence-electron chi connectivity index (χ0n) is 16.6. The number of aromatic nitrogens is 8. The molecule has 5 aromatic rings. The first-order valence-electron chi connectivity index (χ1n) is 10.3. The Hall–Kier alpha value is -3.46. The van der Waals surface area contributed by atoms with E-state index in [-0.39, 0.29) is 0 Å². The van der Waals surface area contributed by atoms with Crippen molar-refractivity contribution in [2.24, 2.45) is 0 Å². The molecule has 0 unspecified atom stereocenters. The summed E-state index contributed by atoms with van der Waals surface area (Å²) in [5.41, 5.74) is 9.70. The van der Waals surface area contributed by atoms with Crippen molar-refractivity contribution in [3.05, 3.63) is 53.3 Å². The van der Waals surface area contributed by atoms with Gasteiger partial charge in [-0.15, -0.1) is 10.2 Å². The van der Waals surface area contributed by atoms with Gasteiger partial charge in [0.25, 0.3) is 0 Å². The summed E-state index contributed by atoms with van der Waals surface area (Å²) in [5, 5.41) is 16.3. The molecule has 1 fully saturated rings. The van der Waals surface area contributed by atoms with Gasteiger partial charge in [-0.1, -0.05) is 28.9 Å². The number of nitrogens with two attached hydrogens (primary N) is 1. The van der Waals surface area contributed by atoms with Crippen LogP contribution < -0.4 is 5.73 Å². The van der Waals surface area contributed by atoms with Crippen LogP contribution in [0.2, 0.25) is 5.02 Å². The van der Waals surface area contributed by atoms with Crippen LogP contribution in [0.25, 0.3) is 27.8 Å². The topological polar surface area (TPSA) is 126 Å². The Kier molecular flexibility index (Phi) is 4.17. The van der Waals surface area contributed by atoms with Gasteiger partial charge < -0.3 is 10.7 Å². The fourth-order valence-corrected chi connectivity index (χ4v) is 4.99. The van der Waals surface area contributed by atoms with Crippen molar-refractivity contribution in [1.82, 2.24) is 40.0 Å². The molecule has 0 spiro atoms. The first kappa shape index (κ1) is 18.3. The van der Waals surface area contributed by atoms with Gasteiger partial charge in [-0.05, 0) is 37.8 Å². The first-order chi connectivity index (χ1) is 15.2. The van der Waals surface area contributed by atoms with E-state index in [2.05, 4.69) is 41.1 Å². The third-order valence-corrected chi connectivity index (χ3v) is 6.61. The Morgan fingerprint density at radius 1 is 1.13 bits per heavy atom. The second kappa shape index (κ2) is 7.05. The van der Waals surface area contributed by atoms with E-state index in [0.29, 0.717) is 22.7 Å². The van der Waals surface area contributed by atoms with Crippen LogP contribution in [-0.4, -0.2) is 40.0 Å². The second-order valence-corrected chi connectivity index (χ2v) is 8.46. The molecule has 0 amide bonds. The predicted octanol–water partition coefficient (Wildman–Crippen LogP) is 4.07. The molecule has 156 valence electrons. The normalized spacial score (nSPS) is 19.4. The number of hydrogen-bond acceptors (Lipinski definition) is 6. The fraction of sp³-hybridized carbons (Fsp3) is 0.286. The number of imidazole rings is 1. The van der Waals surface area contributed by atoms with E-state index in [0.717, 1.165) is 65.1 Å². The lowest BCUT2D eigenvalue weighted by atomic mass is 9.81. The van der Waals surface area contributed by atoms with E-state index < -0.39 is 0 Å². The molecule has 0 atom stereocenters. The predicted molar refractivity (Wildman–Crippen MR) is 118 cm³/mol. The average molecular weight is 434 g/mol. The Morgan fingerprint density at radius 3 is 2.74 bits per heavy atom. The van der Waals surface area contributed by atoms with Gasteiger partial charge in [0.2, 0.25) is 0 Å². The lowest BCUT2D eigenvalue weighted by Gasteiger charge is -2.25. The highest BCUT2D eigenvalue weighted by molar-refractivity contribution is 6.35. The smallest absolute Gasteiger partial charge is 0.177 e. The van der Waals surface area contributed by atoms with Gasteiger partial charge in [-0.2, -0.15) is 5.21 Å². The lowest BCUT2D eigenvalue weighted by molar-refractivity contribution is 0.374. The second-order valence-electron chi connectivity index (χ2n) is 8.06. The number of nitrogens with zero attached hydrogens (tertiary/aromatic N) is 6. The van der Waals surface area contributed by atoms with Gasteiger partial charge in [0, 0.05) is 29.6 Å². The Balaban J connectivity index is 1.42. The van der Waals surface area contributed by atoms with Crippen LogP contribution in [0.1, 0.15) is 49.2 Å². The number of halogens is 1. The van der Waals surface area contributed by atoms with Crippen LogP contribution in [-0.2, 0) is 0 Å². The summed E-state index contributed by atoms with van der Waals surface area (Å²) < 4.78 is 2.09. The summed E-state index contributed by atoms with van der Waals surface area (Å²) in [6.07, 6.45) is 7.66. The number of hydrogen-bond donors (Lipinski definition) is 3. The largest absolute Gasteiger partial charge is 0.382 e. The van der Waals surface area contributed by atoms with Crippen LogP contribution in [0.4, 0.5) is 5.82 Å². The van der Waals surface area contributed by atoms with Gasteiger partial charge >= 0.3 is 0 Å². The monoisotopic (exact) mass is 433 g/mol. The van der Waals surface area contributed by atoms with E-state index in [4.69, 9.17) is 22.3 Å². The number of nitrogens with one attached hydrogen (secondary N) is 2. The van der Waals surface area contributed by atoms with Crippen molar-refractivity contribution in [2.75, 3.05) is 5.73 Å². The molecule has 0 aliphatic heterocycles. The van der Waals surface area contributed by atoms with Gasteiger partial charge in [-0.3, -0.25) is 4.40 Å². The molecular weight excluding hydrogens is 414 g/mol. The van der Waals surface area contributed by atoms with Crippen LogP contribution >= 0.6 is 11.6 Å². The molecule has 31 heavy (non-hydrogen) atoms. The van der Waals surface area contributed by atoms with Crippen LogP contribution in [0.3, 0.4) is 0 Å². The average Bonchev–Trinajstić information content (AvgIpc) is 3.53. The molecule has 0 radical (unpaired) electrons. The maximum Gasteiger partial charge on any atom is 0.177 e. The minimum Gasteiger partial charge on any atom is -0.382 e. The van der Waals surface area contributed by atoms with E-state index in [1.54, 1.807) is 6.20 Å². The molecule has 1 saturated carbocycles. The van der Waals surface area contributed by atoms with Gasteiger partial charge in [0.05, 0.1) is 16.2 Å². The Bertz CT molecular complexity index is 1380. The molecule has 0 bridgehead atoms. The highest BCUT2D eigenvalue weighted by atomic mass is 35.5. The SMILES string of the molecule is Nc1nccn2c(C3CCC(c4nn[nH]n4)CC3)nc(-c3cc4cccc(Cl)c4[nH]3)c12. The van der Waals surface area contributed by atoms with E-state index in [1.807, 2.05) is 24.4 Å². The standard InChI is InChI=1S/C21H20ClN9/c22-14-3-1-2-13-10-15(25-16(13)14)17-18-19(23)24-8-9-31(18)21(26-17)12-6-4-11(5-7-12)20-27-29-30-28-20/h1-3,8-12,25H,4-7H2,(H2,23,24)(H,27,28,29,30). The third-order valence-electron chi connectivity index (χ3n) is 6.29. The number of para-hydroxylation sites is 1. The van der Waals surface area contributed by atoms with Crippen LogP contribution in [0.5, 0.6) is 0 Å². The zero-order valence-corrected chi connectivity index (χ0v) is 17.3. The van der Waals surface area contributed by atoms with Crippen molar-refractivity contribution < 1.29 is 0 Å². The molecule has 1 aliphatic rings. The number of rotatable bonds is 3. The molecule has 4 aromatic heterocycles. The van der Waals surface area contributed by atoms with E-state index in [9.17, 15) is 0 Å². The summed E-state index contributed by atoms with van der Waals surface area (Å²) in [4.78, 5) is 12.8. The lowest BCUT2D eigenvalue weighted by Crippen LogP contribution is -2.15. The summed E-state index contributed by atoms with van der Waals surface area (Å²) in [7, 11) is 0. The first-order valence-corrected chi connectivity index (χ1v) is 10.7. The Morgan fingerprint density at radius 2 is 1.97 bits per heavy atom. The van der Waals surface area contributed by atoms with E-state index in [1.165, 1.54) is 0 Å². The highest BCUT2D eigenvalue weighted by Gasteiger charge is 2.30. The van der Waals surface area contributed by atoms with Crippen LogP contribution in [0.15, 0.2) is 36.7 Å². The number of H-pyrrole nitrogens is 2. The van der Waals surface area contributed by atoms with E-state index >= 15 is 0 Å². The Labute approximate surface area is 182 Å². The molecule has 1 aliphatic carbocycles. The molecule has 6 rings (SSSR count). The van der Waals surface area contributed by atoms with Crippen molar-refractivity contribution >= 4 is 33.8 Å². The van der Waals surface area contributed by atoms with Crippen molar-refractivity contribution in [3.63, 3.8) is 0 Å². The maximum absolute atomic E-state index is 6.38. The third kappa shape index (κ3) is 2.96. The molecular formula is C21H20ClN9. The molecule has 4 N–H and O–H groups in total. The van der Waals surface area contributed by atoms with Gasteiger partial charge in [-0.25, -0.2) is 9.97 Å². The molecule has 10 heteroatoms. The highest BCUT2D eigenvalue weighted by Crippen LogP contribution is 2.41. The van der Waals surface area contributed by atoms with Gasteiger partial charge in [0.15, 0.2) is 5.82 Å². The quantitative estimate of drug-likeness (QED) is 0.393. The number of fused-ring (bicyclic) bond motifs is 2. The summed E-state index contributed by atoms with van der Waals surface area (Å²) in [5.74, 6) is 2.93. The summed E-state index contributed by atoms with van der Waals surface area (Å²) in [6, 6.07) is 7.91. The number of aromatic amines is 2. The summed E-state index contributed by atoms with van der Waals surface area (Å²) >= 11 is 6.38. The number of nitrogen functional groups attached to an aromatic ring is 1. The molecule has 9 nitrogen and oxygen atoms in total. The van der Waals surface area contributed by atoms with Crippen molar-refractivity contribution in [1.29, 1.82) is 0 Å².